The molecule has 0 bridgehead atoms. The molecule has 96 valence electrons. The van der Waals surface area contributed by atoms with Crippen molar-refractivity contribution in [1.29, 1.82) is 0 Å². The first-order valence-electron chi connectivity index (χ1n) is 5.54. The number of nitrogens with zero attached hydrogens (tertiary/aromatic N) is 1. The highest BCUT2D eigenvalue weighted by atomic mass is 127. The Morgan fingerprint density at radius 1 is 1.50 bits per heavy atom. The van der Waals surface area contributed by atoms with E-state index in [0.29, 0.717) is 13.1 Å². The highest BCUT2D eigenvalue weighted by Gasteiger charge is 2.32. The van der Waals surface area contributed by atoms with Gasteiger partial charge in [0.05, 0.1) is 13.1 Å². The van der Waals surface area contributed by atoms with Crippen LogP contribution in [0.15, 0.2) is 24.3 Å². The molecule has 1 aromatic carbocycles. The fourth-order valence-electron chi connectivity index (χ4n) is 1.72. The topological polar surface area (TPSA) is 58.6 Å². The summed E-state index contributed by atoms with van der Waals surface area (Å²) in [6.07, 6.45) is -0.660. The van der Waals surface area contributed by atoms with E-state index in [2.05, 4.69) is 27.9 Å². The van der Waals surface area contributed by atoms with Crippen molar-refractivity contribution in [3.05, 3.63) is 27.8 Å². The van der Waals surface area contributed by atoms with Crippen LogP contribution in [-0.4, -0.2) is 31.2 Å². The minimum absolute atomic E-state index is 0.126. The molecule has 0 saturated carbocycles. The van der Waals surface area contributed by atoms with Crippen LogP contribution in [-0.2, 0) is 9.53 Å². The zero-order chi connectivity index (χ0) is 13.1. The molecule has 1 saturated heterocycles. The van der Waals surface area contributed by atoms with E-state index in [-0.39, 0.29) is 18.1 Å². The number of carbonyl (C=O) groups is 2. The summed E-state index contributed by atoms with van der Waals surface area (Å²) in [5, 5.41) is 2.65. The number of nitrogens with one attached hydrogen (secondary N) is 1. The molecular formula is C12H13IN2O3. The number of carbonyl (C=O) groups excluding carboxylic acids is 2. The van der Waals surface area contributed by atoms with Crippen LogP contribution in [0.3, 0.4) is 0 Å². The summed E-state index contributed by atoms with van der Waals surface area (Å²) in [4.78, 5) is 24.1. The van der Waals surface area contributed by atoms with Gasteiger partial charge in [-0.1, -0.05) is 0 Å². The standard InChI is InChI=1S/C12H13IN2O3/c1-8(16)14-6-11-7-15(12(17)18-11)10-4-2-9(13)3-5-10/h2-5,11H,6-7H2,1H3,(H,14,16)/t11-/m0/s1. The van der Waals surface area contributed by atoms with Crippen molar-refractivity contribution in [3.8, 4) is 0 Å². The van der Waals surface area contributed by atoms with Crippen LogP contribution in [0.2, 0.25) is 0 Å². The van der Waals surface area contributed by atoms with Gasteiger partial charge in [0.25, 0.3) is 0 Å². The molecule has 0 aliphatic carbocycles. The first-order chi connectivity index (χ1) is 8.56. The lowest BCUT2D eigenvalue weighted by molar-refractivity contribution is -0.119. The maximum absolute atomic E-state index is 11.7. The monoisotopic (exact) mass is 360 g/mol. The molecule has 1 aliphatic rings. The van der Waals surface area contributed by atoms with E-state index in [1.807, 2.05) is 24.3 Å². The highest BCUT2D eigenvalue weighted by molar-refractivity contribution is 14.1. The van der Waals surface area contributed by atoms with E-state index < -0.39 is 0 Å². The molecule has 2 rings (SSSR count). The Bertz CT molecular complexity index is 461. The molecule has 1 atom stereocenters. The van der Waals surface area contributed by atoms with Gasteiger partial charge in [-0.05, 0) is 46.9 Å². The van der Waals surface area contributed by atoms with Crippen molar-refractivity contribution < 1.29 is 14.3 Å². The molecule has 1 aromatic rings. The molecule has 5 nitrogen and oxygen atoms in total. The molecule has 18 heavy (non-hydrogen) atoms. The minimum Gasteiger partial charge on any atom is -0.442 e. The lowest BCUT2D eigenvalue weighted by Gasteiger charge is -2.12. The predicted molar refractivity (Wildman–Crippen MR) is 75.5 cm³/mol. The Balaban J connectivity index is 2.00. The number of hydrogen-bond acceptors (Lipinski definition) is 3. The van der Waals surface area contributed by atoms with Gasteiger partial charge in [-0.3, -0.25) is 9.69 Å². The number of cyclic esters (lactones) is 1. The quantitative estimate of drug-likeness (QED) is 0.836. The van der Waals surface area contributed by atoms with Crippen molar-refractivity contribution in [3.63, 3.8) is 0 Å². The number of benzene rings is 1. The molecule has 0 radical (unpaired) electrons. The molecule has 0 spiro atoms. The second-order valence-electron chi connectivity index (χ2n) is 4.03. The van der Waals surface area contributed by atoms with Gasteiger partial charge in [0.2, 0.25) is 5.91 Å². The SMILES string of the molecule is CC(=O)NC[C@H]1CN(c2ccc(I)cc2)C(=O)O1. The number of rotatable bonds is 3. The average molecular weight is 360 g/mol. The van der Waals surface area contributed by atoms with E-state index in [4.69, 9.17) is 4.74 Å². The largest absolute Gasteiger partial charge is 0.442 e. The van der Waals surface area contributed by atoms with Crippen LogP contribution in [0.1, 0.15) is 6.92 Å². The minimum atomic E-state index is -0.369. The van der Waals surface area contributed by atoms with Gasteiger partial charge in [-0.2, -0.15) is 0 Å². The van der Waals surface area contributed by atoms with Crippen LogP contribution in [0.25, 0.3) is 0 Å². The van der Waals surface area contributed by atoms with E-state index in [1.165, 1.54) is 6.92 Å². The van der Waals surface area contributed by atoms with Gasteiger partial charge >= 0.3 is 6.09 Å². The van der Waals surface area contributed by atoms with Gasteiger partial charge in [0, 0.05) is 16.2 Å². The molecule has 6 heteroatoms. The Labute approximate surface area is 119 Å². The van der Waals surface area contributed by atoms with Crippen molar-refractivity contribution in [2.75, 3.05) is 18.0 Å². The normalized spacial score (nSPS) is 18.7. The van der Waals surface area contributed by atoms with Crippen molar-refractivity contribution >= 4 is 40.3 Å². The van der Waals surface area contributed by atoms with Crippen LogP contribution in [0, 0.1) is 3.57 Å². The third-order valence-electron chi connectivity index (χ3n) is 2.59. The smallest absolute Gasteiger partial charge is 0.414 e. The summed E-state index contributed by atoms with van der Waals surface area (Å²) in [5.74, 6) is -0.126. The molecule has 1 aliphatic heterocycles. The molecule has 1 heterocycles. The second kappa shape index (κ2) is 5.55. The lowest BCUT2D eigenvalue weighted by atomic mass is 10.2. The van der Waals surface area contributed by atoms with E-state index >= 15 is 0 Å². The maximum atomic E-state index is 11.7. The number of amides is 2. The fourth-order valence-corrected chi connectivity index (χ4v) is 2.08. The average Bonchev–Trinajstić information content (AvgIpc) is 2.69. The zero-order valence-electron chi connectivity index (χ0n) is 9.85. The third kappa shape index (κ3) is 3.12. The fraction of sp³-hybridized carbons (Fsp3) is 0.333. The first-order valence-corrected chi connectivity index (χ1v) is 6.62. The second-order valence-corrected chi connectivity index (χ2v) is 5.28. The van der Waals surface area contributed by atoms with Crippen LogP contribution < -0.4 is 10.2 Å². The summed E-state index contributed by atoms with van der Waals surface area (Å²) in [5.41, 5.74) is 0.811. The van der Waals surface area contributed by atoms with Gasteiger partial charge in [-0.15, -0.1) is 0 Å². The zero-order valence-corrected chi connectivity index (χ0v) is 12.0. The van der Waals surface area contributed by atoms with Gasteiger partial charge in [-0.25, -0.2) is 4.79 Å². The van der Waals surface area contributed by atoms with Crippen LogP contribution in [0.5, 0.6) is 0 Å². The van der Waals surface area contributed by atoms with Crippen molar-refractivity contribution in [2.45, 2.75) is 13.0 Å². The number of hydrogen-bond donors (Lipinski definition) is 1. The van der Waals surface area contributed by atoms with Crippen LogP contribution in [0.4, 0.5) is 10.5 Å². The maximum Gasteiger partial charge on any atom is 0.414 e. The molecule has 0 aromatic heterocycles. The van der Waals surface area contributed by atoms with E-state index in [1.54, 1.807) is 4.90 Å². The summed E-state index contributed by atoms with van der Waals surface area (Å²) < 4.78 is 6.29. The van der Waals surface area contributed by atoms with E-state index in [0.717, 1.165) is 9.26 Å². The van der Waals surface area contributed by atoms with Gasteiger partial charge < -0.3 is 10.1 Å². The Hall–Kier alpha value is -1.31. The number of ether oxygens (including phenoxy) is 1. The Morgan fingerprint density at radius 2 is 2.17 bits per heavy atom. The number of anilines is 1. The molecule has 0 unspecified atom stereocenters. The van der Waals surface area contributed by atoms with Crippen molar-refractivity contribution in [2.24, 2.45) is 0 Å². The molecule has 1 N–H and O–H groups in total. The van der Waals surface area contributed by atoms with Crippen molar-refractivity contribution in [1.82, 2.24) is 5.32 Å². The highest BCUT2D eigenvalue weighted by Crippen LogP contribution is 2.22. The predicted octanol–water partition coefficient (Wildman–Crippen LogP) is 1.75. The molecule has 2 amide bonds. The van der Waals surface area contributed by atoms with Crippen LogP contribution >= 0.6 is 22.6 Å². The summed E-state index contributed by atoms with van der Waals surface area (Å²) >= 11 is 2.21. The summed E-state index contributed by atoms with van der Waals surface area (Å²) in [6, 6.07) is 7.63. The number of halogens is 1. The third-order valence-corrected chi connectivity index (χ3v) is 3.31. The summed E-state index contributed by atoms with van der Waals surface area (Å²) in [7, 11) is 0. The van der Waals surface area contributed by atoms with E-state index in [9.17, 15) is 9.59 Å². The van der Waals surface area contributed by atoms with Gasteiger partial charge in [0.15, 0.2) is 0 Å². The Morgan fingerprint density at radius 3 is 2.78 bits per heavy atom. The lowest BCUT2D eigenvalue weighted by Crippen LogP contribution is -2.33. The summed E-state index contributed by atoms with van der Waals surface area (Å²) in [6.45, 7) is 2.25. The first kappa shape index (κ1) is 13.1. The Kier molecular flexibility index (Phi) is 4.05. The molecule has 1 fully saturated rings. The van der Waals surface area contributed by atoms with Gasteiger partial charge in [0.1, 0.15) is 6.10 Å². The molecular weight excluding hydrogens is 347 g/mol.